The van der Waals surface area contributed by atoms with Crippen molar-refractivity contribution in [3.63, 3.8) is 0 Å². The highest BCUT2D eigenvalue weighted by Crippen LogP contribution is 2.09. The average Bonchev–Trinajstić information content (AvgIpc) is 2.05. The van der Waals surface area contributed by atoms with Gasteiger partial charge in [0.15, 0.2) is 0 Å². The zero-order valence-electron chi connectivity index (χ0n) is 5.62. The fourth-order valence-corrected chi connectivity index (χ4v) is 1.32. The number of hydrogen-bond donors (Lipinski definition) is 1. The van der Waals surface area contributed by atoms with Gasteiger partial charge in [0.2, 0.25) is 0 Å². The lowest BCUT2D eigenvalue weighted by molar-refractivity contribution is -0.140. The first kappa shape index (κ1) is 8.70. The van der Waals surface area contributed by atoms with E-state index in [9.17, 15) is 0 Å². The Morgan fingerprint density at radius 1 is 1.40 bits per heavy atom. The van der Waals surface area contributed by atoms with Crippen LogP contribution in [0.1, 0.15) is 0 Å². The molecule has 2 atom stereocenters. The quantitative estimate of drug-likeness (QED) is 0.568. The normalized spacial score (nSPS) is 34.2. The topological polar surface area (TPSA) is 38.7 Å². The Morgan fingerprint density at radius 3 is 2.70 bits per heavy atom. The van der Waals surface area contributed by atoms with E-state index in [0.717, 1.165) is 4.43 Å². The molecule has 0 aromatic heterocycles. The van der Waals surface area contributed by atoms with Crippen LogP contribution in [0.5, 0.6) is 0 Å². The van der Waals surface area contributed by atoms with Gasteiger partial charge in [-0.15, -0.1) is 0 Å². The molecule has 1 fully saturated rings. The van der Waals surface area contributed by atoms with Crippen molar-refractivity contribution in [2.75, 3.05) is 24.2 Å². The second kappa shape index (κ2) is 4.48. The molecule has 1 aliphatic heterocycles. The fraction of sp³-hybridized carbons (Fsp3) is 1.00. The van der Waals surface area contributed by atoms with Crippen molar-refractivity contribution in [1.29, 1.82) is 0 Å². The molecule has 0 amide bonds. The van der Waals surface area contributed by atoms with Crippen LogP contribution in [0, 0.1) is 0 Å². The molecule has 1 N–H and O–H groups in total. The van der Waals surface area contributed by atoms with Crippen molar-refractivity contribution in [2.24, 2.45) is 0 Å². The summed E-state index contributed by atoms with van der Waals surface area (Å²) in [6, 6.07) is 0. The van der Waals surface area contributed by atoms with Crippen LogP contribution in [0.3, 0.4) is 0 Å². The highest BCUT2D eigenvalue weighted by Gasteiger charge is 2.20. The maximum Gasteiger partial charge on any atom is 0.104 e. The Balaban J connectivity index is 2.25. The number of alkyl halides is 1. The second-order valence-corrected chi connectivity index (χ2v) is 3.14. The fourth-order valence-electron chi connectivity index (χ4n) is 0.858. The van der Waals surface area contributed by atoms with Gasteiger partial charge >= 0.3 is 0 Å². The van der Waals surface area contributed by atoms with Crippen LogP contribution in [0.15, 0.2) is 0 Å². The van der Waals surface area contributed by atoms with Gasteiger partial charge in [-0.2, -0.15) is 0 Å². The minimum absolute atomic E-state index is 0.0626. The van der Waals surface area contributed by atoms with Crippen LogP contribution in [-0.4, -0.2) is 41.6 Å². The molecule has 0 spiro atoms. The predicted octanol–water partition coefficient (Wildman–Crippen LogP) is 0.198. The van der Waals surface area contributed by atoms with Crippen LogP contribution in [0.4, 0.5) is 0 Å². The summed E-state index contributed by atoms with van der Waals surface area (Å²) < 4.78 is 11.5. The Kier molecular flexibility index (Phi) is 3.90. The van der Waals surface area contributed by atoms with E-state index in [2.05, 4.69) is 22.6 Å². The zero-order valence-corrected chi connectivity index (χ0v) is 7.78. The molecule has 0 aromatic rings. The van der Waals surface area contributed by atoms with Crippen molar-refractivity contribution < 1.29 is 14.6 Å². The Bertz CT molecular complexity index is 89.0. The highest BCUT2D eigenvalue weighted by molar-refractivity contribution is 14.1. The third-order valence-electron chi connectivity index (χ3n) is 1.37. The summed E-state index contributed by atoms with van der Waals surface area (Å²) in [5.74, 6) is 0. The molecule has 0 saturated carbocycles. The van der Waals surface area contributed by atoms with Gasteiger partial charge < -0.3 is 14.6 Å². The smallest absolute Gasteiger partial charge is 0.104 e. The Morgan fingerprint density at radius 2 is 2.10 bits per heavy atom. The van der Waals surface area contributed by atoms with E-state index in [1.54, 1.807) is 0 Å². The number of halogens is 1. The molecule has 0 aliphatic carbocycles. The first-order valence-electron chi connectivity index (χ1n) is 3.27. The molecule has 1 heterocycles. The monoisotopic (exact) mass is 258 g/mol. The van der Waals surface area contributed by atoms with Crippen molar-refractivity contribution in [3.8, 4) is 0 Å². The number of aliphatic hydroxyl groups excluding tert-OH is 1. The van der Waals surface area contributed by atoms with Crippen molar-refractivity contribution >= 4 is 22.6 Å². The minimum Gasteiger partial charge on any atom is -0.394 e. The van der Waals surface area contributed by atoms with E-state index in [0.29, 0.717) is 13.2 Å². The lowest BCUT2D eigenvalue weighted by atomic mass is 10.3. The number of aliphatic hydroxyl groups is 1. The molecule has 1 aliphatic rings. The molecule has 2 unspecified atom stereocenters. The first-order chi connectivity index (χ1) is 4.86. The van der Waals surface area contributed by atoms with Crippen LogP contribution in [0.2, 0.25) is 0 Å². The van der Waals surface area contributed by atoms with E-state index >= 15 is 0 Å². The van der Waals surface area contributed by atoms with Crippen molar-refractivity contribution in [3.05, 3.63) is 0 Å². The van der Waals surface area contributed by atoms with Crippen LogP contribution in [-0.2, 0) is 9.47 Å². The molecule has 1 saturated heterocycles. The van der Waals surface area contributed by atoms with E-state index in [4.69, 9.17) is 14.6 Å². The molecule has 10 heavy (non-hydrogen) atoms. The maximum absolute atomic E-state index is 8.70. The predicted molar refractivity (Wildman–Crippen MR) is 45.5 cm³/mol. The summed E-state index contributed by atoms with van der Waals surface area (Å²) in [7, 11) is 0. The minimum atomic E-state index is -0.103. The number of rotatable bonds is 2. The molecular formula is C6H11IO3. The lowest BCUT2D eigenvalue weighted by Crippen LogP contribution is -2.38. The first-order valence-corrected chi connectivity index (χ1v) is 4.79. The van der Waals surface area contributed by atoms with Gasteiger partial charge in [0.25, 0.3) is 0 Å². The standard InChI is InChI=1S/C6H11IO3/c7-1-5-3-9-4-6(2-8)10-5/h5-6,8H,1-4H2. The Hall–Kier alpha value is 0.610. The van der Waals surface area contributed by atoms with Crippen LogP contribution >= 0.6 is 22.6 Å². The lowest BCUT2D eigenvalue weighted by Gasteiger charge is -2.27. The maximum atomic E-state index is 8.70. The molecule has 3 nitrogen and oxygen atoms in total. The zero-order chi connectivity index (χ0) is 7.40. The largest absolute Gasteiger partial charge is 0.394 e. The second-order valence-electron chi connectivity index (χ2n) is 2.25. The van der Waals surface area contributed by atoms with Crippen LogP contribution < -0.4 is 0 Å². The summed E-state index contributed by atoms with van der Waals surface area (Å²) in [5.41, 5.74) is 0. The van der Waals surface area contributed by atoms with E-state index in [-0.39, 0.29) is 18.8 Å². The van der Waals surface area contributed by atoms with Gasteiger partial charge in [-0.3, -0.25) is 0 Å². The summed E-state index contributed by atoms with van der Waals surface area (Å²) in [4.78, 5) is 0. The average molecular weight is 258 g/mol. The third kappa shape index (κ3) is 2.34. The summed E-state index contributed by atoms with van der Waals surface area (Å²) in [5, 5.41) is 8.70. The molecule has 1 rings (SSSR count). The van der Waals surface area contributed by atoms with Crippen molar-refractivity contribution in [1.82, 2.24) is 0 Å². The molecule has 60 valence electrons. The van der Waals surface area contributed by atoms with Gasteiger partial charge in [-0.05, 0) is 0 Å². The molecular weight excluding hydrogens is 247 g/mol. The molecule has 4 heteroatoms. The third-order valence-corrected chi connectivity index (χ3v) is 2.35. The molecule has 0 radical (unpaired) electrons. The van der Waals surface area contributed by atoms with Gasteiger partial charge in [-0.25, -0.2) is 0 Å². The van der Waals surface area contributed by atoms with Crippen molar-refractivity contribution in [2.45, 2.75) is 12.2 Å². The summed E-state index contributed by atoms with van der Waals surface area (Å²) >= 11 is 2.25. The van der Waals surface area contributed by atoms with Gasteiger partial charge in [0.1, 0.15) is 6.10 Å². The van der Waals surface area contributed by atoms with Gasteiger partial charge in [0, 0.05) is 4.43 Å². The van der Waals surface area contributed by atoms with Gasteiger partial charge in [-0.1, -0.05) is 22.6 Å². The van der Waals surface area contributed by atoms with E-state index in [1.165, 1.54) is 0 Å². The summed E-state index contributed by atoms with van der Waals surface area (Å²) in [6.07, 6.45) is 0.0695. The highest BCUT2D eigenvalue weighted by atomic mass is 127. The molecule has 0 aromatic carbocycles. The number of ether oxygens (including phenoxy) is 2. The van der Waals surface area contributed by atoms with Crippen LogP contribution in [0.25, 0.3) is 0 Å². The Labute approximate surface area is 73.8 Å². The van der Waals surface area contributed by atoms with Gasteiger partial charge in [0.05, 0.1) is 25.9 Å². The van der Waals surface area contributed by atoms with E-state index < -0.39 is 0 Å². The van der Waals surface area contributed by atoms with E-state index in [1.807, 2.05) is 0 Å². The molecule has 0 bridgehead atoms. The number of hydrogen-bond acceptors (Lipinski definition) is 3. The summed E-state index contributed by atoms with van der Waals surface area (Å²) in [6.45, 7) is 1.26. The SMILES string of the molecule is OCC1COCC(CI)O1.